The standard InChI is InChI=1S/C16H12Cl2F2N2OS/c17-9-1-3-11(12(18)7-9)15-22(5-6-24-15)16(23)21-14-4-2-10(19)8-13(14)20/h1-4,7-8,15H,5-6H2,(H,21,23). The van der Waals surface area contributed by atoms with Gasteiger partial charge in [0.05, 0.1) is 5.69 Å². The van der Waals surface area contributed by atoms with Crippen LogP contribution in [0.25, 0.3) is 0 Å². The number of anilines is 1. The van der Waals surface area contributed by atoms with Crippen LogP contribution in [0.5, 0.6) is 0 Å². The first kappa shape index (κ1) is 17.3. The Balaban J connectivity index is 1.81. The van der Waals surface area contributed by atoms with Gasteiger partial charge in [-0.3, -0.25) is 0 Å². The van der Waals surface area contributed by atoms with E-state index in [9.17, 15) is 13.6 Å². The molecule has 3 nitrogen and oxygen atoms in total. The van der Waals surface area contributed by atoms with Crippen LogP contribution in [-0.4, -0.2) is 23.2 Å². The van der Waals surface area contributed by atoms with Gasteiger partial charge in [-0.1, -0.05) is 29.3 Å². The molecule has 1 aliphatic heterocycles. The highest BCUT2D eigenvalue weighted by molar-refractivity contribution is 7.99. The molecular weight excluding hydrogens is 377 g/mol. The second-order valence-electron chi connectivity index (χ2n) is 5.14. The van der Waals surface area contributed by atoms with Gasteiger partial charge in [0.15, 0.2) is 0 Å². The van der Waals surface area contributed by atoms with Crippen LogP contribution in [0.2, 0.25) is 10.0 Å². The lowest BCUT2D eigenvalue weighted by Gasteiger charge is -2.25. The highest BCUT2D eigenvalue weighted by atomic mass is 35.5. The predicted octanol–water partition coefficient (Wildman–Crippen LogP) is 5.55. The fourth-order valence-corrected chi connectivity index (χ4v) is 4.28. The molecule has 8 heteroatoms. The van der Waals surface area contributed by atoms with E-state index in [-0.39, 0.29) is 11.1 Å². The van der Waals surface area contributed by atoms with Crippen LogP contribution in [0.3, 0.4) is 0 Å². The first-order valence-corrected chi connectivity index (χ1v) is 8.85. The number of carbonyl (C=O) groups excluding carboxylic acids is 1. The predicted molar refractivity (Wildman–Crippen MR) is 93.7 cm³/mol. The Bertz CT molecular complexity index is 791. The molecule has 0 aromatic heterocycles. The maximum atomic E-state index is 13.7. The first-order chi connectivity index (χ1) is 11.5. The first-order valence-electron chi connectivity index (χ1n) is 7.05. The van der Waals surface area contributed by atoms with Crippen molar-refractivity contribution < 1.29 is 13.6 Å². The van der Waals surface area contributed by atoms with E-state index in [1.165, 1.54) is 6.07 Å². The molecule has 1 atom stereocenters. The summed E-state index contributed by atoms with van der Waals surface area (Å²) >= 11 is 13.7. The van der Waals surface area contributed by atoms with E-state index in [2.05, 4.69) is 5.32 Å². The molecule has 0 aliphatic carbocycles. The van der Waals surface area contributed by atoms with Gasteiger partial charge < -0.3 is 10.2 Å². The Kier molecular flexibility index (Phi) is 5.18. The van der Waals surface area contributed by atoms with Gasteiger partial charge in [-0.25, -0.2) is 13.6 Å². The van der Waals surface area contributed by atoms with E-state index in [1.54, 1.807) is 34.9 Å². The van der Waals surface area contributed by atoms with Crippen molar-refractivity contribution in [3.05, 3.63) is 63.6 Å². The Morgan fingerprint density at radius 3 is 2.71 bits per heavy atom. The number of thioether (sulfide) groups is 1. The molecule has 0 saturated carbocycles. The summed E-state index contributed by atoms with van der Waals surface area (Å²) in [6, 6.07) is 7.63. The number of nitrogens with one attached hydrogen (secondary N) is 1. The zero-order valence-electron chi connectivity index (χ0n) is 12.2. The molecule has 1 heterocycles. The van der Waals surface area contributed by atoms with Crippen LogP contribution < -0.4 is 5.32 Å². The number of amides is 2. The average Bonchev–Trinajstić information content (AvgIpc) is 2.99. The summed E-state index contributed by atoms with van der Waals surface area (Å²) in [6.45, 7) is 0.489. The molecule has 1 unspecified atom stereocenters. The average molecular weight is 389 g/mol. The van der Waals surface area contributed by atoms with Crippen molar-refractivity contribution in [1.29, 1.82) is 0 Å². The Hall–Kier alpha value is -1.50. The van der Waals surface area contributed by atoms with Crippen molar-refractivity contribution >= 4 is 46.7 Å². The summed E-state index contributed by atoms with van der Waals surface area (Å²) in [5.41, 5.74) is 0.692. The lowest BCUT2D eigenvalue weighted by atomic mass is 10.2. The topological polar surface area (TPSA) is 32.3 Å². The summed E-state index contributed by atoms with van der Waals surface area (Å²) in [4.78, 5) is 14.0. The second-order valence-corrected chi connectivity index (χ2v) is 7.17. The van der Waals surface area contributed by atoms with Gasteiger partial charge in [-0.2, -0.15) is 0 Å². The summed E-state index contributed by atoms with van der Waals surface area (Å²) < 4.78 is 26.7. The fourth-order valence-electron chi connectivity index (χ4n) is 2.42. The van der Waals surface area contributed by atoms with E-state index in [4.69, 9.17) is 23.2 Å². The van der Waals surface area contributed by atoms with Crippen LogP contribution in [0.15, 0.2) is 36.4 Å². The molecule has 3 rings (SSSR count). The zero-order valence-corrected chi connectivity index (χ0v) is 14.6. The van der Waals surface area contributed by atoms with Gasteiger partial charge in [0.25, 0.3) is 0 Å². The molecular formula is C16H12Cl2F2N2OS. The minimum Gasteiger partial charge on any atom is -0.308 e. The number of carbonyl (C=O) groups is 1. The monoisotopic (exact) mass is 388 g/mol. The third kappa shape index (κ3) is 3.61. The summed E-state index contributed by atoms with van der Waals surface area (Å²) in [6.07, 6.45) is 0. The number of halogens is 4. The minimum atomic E-state index is -0.823. The molecule has 0 bridgehead atoms. The minimum absolute atomic E-state index is 0.0701. The molecule has 0 radical (unpaired) electrons. The second kappa shape index (κ2) is 7.17. The highest BCUT2D eigenvalue weighted by Gasteiger charge is 2.32. The quantitative estimate of drug-likeness (QED) is 0.730. The van der Waals surface area contributed by atoms with Gasteiger partial charge in [0, 0.05) is 34.0 Å². The molecule has 2 amide bonds. The van der Waals surface area contributed by atoms with Crippen molar-refractivity contribution in [3.63, 3.8) is 0 Å². The SMILES string of the molecule is O=C(Nc1ccc(F)cc1F)N1CCSC1c1ccc(Cl)cc1Cl. The van der Waals surface area contributed by atoms with Crippen LogP contribution in [0.4, 0.5) is 19.3 Å². The molecule has 24 heavy (non-hydrogen) atoms. The van der Waals surface area contributed by atoms with Gasteiger partial charge in [0.1, 0.15) is 17.0 Å². The van der Waals surface area contributed by atoms with Crippen molar-refractivity contribution in [2.75, 3.05) is 17.6 Å². The Labute approximate surface area is 151 Å². The molecule has 1 aliphatic rings. The largest absolute Gasteiger partial charge is 0.323 e. The third-order valence-electron chi connectivity index (χ3n) is 3.55. The molecule has 2 aromatic carbocycles. The lowest BCUT2D eigenvalue weighted by Crippen LogP contribution is -2.34. The number of urea groups is 1. The Morgan fingerprint density at radius 1 is 1.21 bits per heavy atom. The summed E-state index contributed by atoms with van der Waals surface area (Å²) in [5, 5.41) is 3.16. The van der Waals surface area contributed by atoms with Gasteiger partial charge in [-0.05, 0) is 24.3 Å². The number of rotatable bonds is 2. The normalized spacial score (nSPS) is 17.2. The molecule has 0 spiro atoms. The lowest BCUT2D eigenvalue weighted by molar-refractivity contribution is 0.214. The van der Waals surface area contributed by atoms with E-state index in [0.717, 1.165) is 23.4 Å². The number of hydrogen-bond acceptors (Lipinski definition) is 2. The summed E-state index contributed by atoms with van der Waals surface area (Å²) in [7, 11) is 0. The zero-order chi connectivity index (χ0) is 17.3. The van der Waals surface area contributed by atoms with E-state index in [0.29, 0.717) is 16.6 Å². The van der Waals surface area contributed by atoms with E-state index >= 15 is 0 Å². The summed E-state index contributed by atoms with van der Waals surface area (Å²) in [5.74, 6) is -0.799. The van der Waals surface area contributed by atoms with Gasteiger partial charge in [0.2, 0.25) is 0 Å². The van der Waals surface area contributed by atoms with Crippen LogP contribution in [0, 0.1) is 11.6 Å². The number of nitrogens with zero attached hydrogens (tertiary/aromatic N) is 1. The molecule has 1 fully saturated rings. The maximum Gasteiger partial charge on any atom is 0.323 e. The Morgan fingerprint density at radius 2 is 2.00 bits per heavy atom. The van der Waals surface area contributed by atoms with Crippen molar-refractivity contribution in [2.24, 2.45) is 0 Å². The molecule has 1 saturated heterocycles. The third-order valence-corrected chi connectivity index (χ3v) is 5.36. The van der Waals surface area contributed by atoms with Gasteiger partial charge >= 0.3 is 6.03 Å². The highest BCUT2D eigenvalue weighted by Crippen LogP contribution is 2.41. The van der Waals surface area contributed by atoms with Crippen molar-refractivity contribution in [2.45, 2.75) is 5.37 Å². The van der Waals surface area contributed by atoms with Crippen LogP contribution in [0.1, 0.15) is 10.9 Å². The molecule has 2 aromatic rings. The fraction of sp³-hybridized carbons (Fsp3) is 0.188. The molecule has 1 N–H and O–H groups in total. The van der Waals surface area contributed by atoms with Crippen LogP contribution in [-0.2, 0) is 0 Å². The van der Waals surface area contributed by atoms with E-state index < -0.39 is 17.7 Å². The smallest absolute Gasteiger partial charge is 0.308 e. The van der Waals surface area contributed by atoms with E-state index in [1.807, 2.05) is 0 Å². The van der Waals surface area contributed by atoms with Crippen LogP contribution >= 0.6 is 35.0 Å². The van der Waals surface area contributed by atoms with Crippen molar-refractivity contribution in [3.8, 4) is 0 Å². The molecule has 126 valence electrons. The number of benzene rings is 2. The van der Waals surface area contributed by atoms with Crippen molar-refractivity contribution in [1.82, 2.24) is 4.90 Å². The number of hydrogen-bond donors (Lipinski definition) is 1. The maximum absolute atomic E-state index is 13.7. The van der Waals surface area contributed by atoms with Gasteiger partial charge in [-0.15, -0.1) is 11.8 Å².